The zero-order valence-corrected chi connectivity index (χ0v) is 15.9. The number of hydrogen-bond donors (Lipinski definition) is 2. The minimum atomic E-state index is -3.00. The third-order valence-corrected chi connectivity index (χ3v) is 5.54. The molecule has 4 nitrogen and oxygen atoms in total. The van der Waals surface area contributed by atoms with Crippen molar-refractivity contribution in [1.29, 1.82) is 0 Å². The second kappa shape index (κ2) is 7.59. The van der Waals surface area contributed by atoms with E-state index in [2.05, 4.69) is 15.6 Å². The third kappa shape index (κ3) is 4.55. The third-order valence-electron chi connectivity index (χ3n) is 5.54. The van der Waals surface area contributed by atoms with E-state index in [-0.39, 0.29) is 23.7 Å². The number of pyridine rings is 1. The zero-order valence-electron chi connectivity index (χ0n) is 15.9. The first-order chi connectivity index (χ1) is 13.4. The van der Waals surface area contributed by atoms with Gasteiger partial charge in [-0.2, -0.15) is 0 Å². The van der Waals surface area contributed by atoms with Gasteiger partial charge in [0, 0.05) is 36.2 Å². The Hall–Kier alpha value is -2.34. The molecule has 1 amide bonds. The molecule has 0 radical (unpaired) electrons. The molecule has 2 atom stereocenters. The van der Waals surface area contributed by atoms with Crippen molar-refractivity contribution >= 4 is 5.91 Å². The van der Waals surface area contributed by atoms with E-state index in [0.29, 0.717) is 17.5 Å². The molecule has 2 aliphatic carbocycles. The Morgan fingerprint density at radius 3 is 2.64 bits per heavy atom. The van der Waals surface area contributed by atoms with E-state index < -0.39 is 5.92 Å². The normalized spacial score (nSPS) is 21.4. The largest absolute Gasteiger partial charge is 0.346 e. The average molecular weight is 385 g/mol. The summed E-state index contributed by atoms with van der Waals surface area (Å²) in [6.45, 7) is 1.92. The van der Waals surface area contributed by atoms with Gasteiger partial charge in [-0.15, -0.1) is 0 Å². The van der Waals surface area contributed by atoms with Crippen LogP contribution in [0, 0.1) is 5.92 Å². The molecular weight excluding hydrogens is 360 g/mol. The smallest absolute Gasteiger partial charge is 0.272 e. The van der Waals surface area contributed by atoms with Gasteiger partial charge in [0.15, 0.2) is 0 Å². The van der Waals surface area contributed by atoms with Crippen molar-refractivity contribution in [2.75, 3.05) is 6.54 Å². The highest BCUT2D eigenvalue weighted by molar-refractivity contribution is 5.94. The lowest BCUT2D eigenvalue weighted by Gasteiger charge is -2.15. The van der Waals surface area contributed by atoms with Gasteiger partial charge >= 0.3 is 0 Å². The van der Waals surface area contributed by atoms with Crippen molar-refractivity contribution in [3.05, 3.63) is 65.0 Å². The van der Waals surface area contributed by atoms with Gasteiger partial charge in [-0.05, 0) is 61.6 Å². The first kappa shape index (κ1) is 19.0. The Kier molecular flexibility index (Phi) is 5.15. The van der Waals surface area contributed by atoms with Gasteiger partial charge in [0.2, 0.25) is 0 Å². The summed E-state index contributed by atoms with van der Waals surface area (Å²) in [6, 6.07) is 11.0. The van der Waals surface area contributed by atoms with E-state index >= 15 is 0 Å². The number of halogens is 2. The summed E-state index contributed by atoms with van der Waals surface area (Å²) in [4.78, 5) is 16.4. The number of carbonyl (C=O) groups is 1. The van der Waals surface area contributed by atoms with E-state index in [4.69, 9.17) is 0 Å². The van der Waals surface area contributed by atoms with Gasteiger partial charge in [0.05, 0.1) is 12.2 Å². The van der Waals surface area contributed by atoms with Crippen LogP contribution in [0.15, 0.2) is 42.6 Å². The summed E-state index contributed by atoms with van der Waals surface area (Å²) in [5, 5.41) is 6.31. The fourth-order valence-corrected chi connectivity index (χ4v) is 3.56. The lowest BCUT2D eigenvalue weighted by molar-refractivity contribution is 0.0159. The number of rotatable bonds is 8. The van der Waals surface area contributed by atoms with E-state index in [1.807, 2.05) is 12.1 Å². The summed E-state index contributed by atoms with van der Waals surface area (Å²) >= 11 is 0. The molecule has 2 aliphatic rings. The van der Waals surface area contributed by atoms with Crippen molar-refractivity contribution in [2.45, 2.75) is 50.6 Å². The molecule has 2 saturated carbocycles. The molecule has 0 aliphatic heterocycles. The van der Waals surface area contributed by atoms with E-state index in [1.54, 1.807) is 12.1 Å². The topological polar surface area (TPSA) is 54.0 Å². The molecule has 2 N–H and O–H groups in total. The first-order valence-corrected chi connectivity index (χ1v) is 9.85. The molecule has 6 heteroatoms. The number of hydrogen-bond acceptors (Lipinski definition) is 3. The van der Waals surface area contributed by atoms with Gasteiger partial charge < -0.3 is 10.6 Å². The summed E-state index contributed by atoms with van der Waals surface area (Å²) in [5.74, 6) is -1.88. The monoisotopic (exact) mass is 385 g/mol. The van der Waals surface area contributed by atoms with Gasteiger partial charge in [0.25, 0.3) is 11.8 Å². The molecule has 2 aromatic rings. The maximum Gasteiger partial charge on any atom is 0.272 e. The Bertz CT molecular complexity index is 844. The van der Waals surface area contributed by atoms with Crippen LogP contribution in [-0.4, -0.2) is 23.5 Å². The maximum atomic E-state index is 13.7. The van der Waals surface area contributed by atoms with Crippen molar-refractivity contribution in [3.63, 3.8) is 0 Å². The summed E-state index contributed by atoms with van der Waals surface area (Å²) in [5.41, 5.74) is 1.78. The van der Waals surface area contributed by atoms with Crippen LogP contribution in [0.1, 0.15) is 59.3 Å². The van der Waals surface area contributed by atoms with Crippen LogP contribution in [0.4, 0.5) is 8.78 Å². The molecule has 2 fully saturated rings. The summed E-state index contributed by atoms with van der Waals surface area (Å²) in [7, 11) is 0. The highest BCUT2D eigenvalue weighted by Crippen LogP contribution is 2.41. The molecule has 1 heterocycles. The quantitative estimate of drug-likeness (QED) is 0.723. The van der Waals surface area contributed by atoms with Gasteiger partial charge in [0.1, 0.15) is 0 Å². The highest BCUT2D eigenvalue weighted by Gasteiger charge is 2.38. The van der Waals surface area contributed by atoms with Crippen LogP contribution >= 0.6 is 0 Å². The summed E-state index contributed by atoms with van der Waals surface area (Å²) in [6.07, 6.45) is 5.30. The molecule has 1 aromatic heterocycles. The second-order valence-corrected chi connectivity index (χ2v) is 7.99. The lowest BCUT2D eigenvalue weighted by Crippen LogP contribution is -2.25. The number of carbonyl (C=O) groups excluding carboxylic acids is 1. The predicted octanol–water partition coefficient (Wildman–Crippen LogP) is 3.98. The molecule has 1 aromatic carbocycles. The molecule has 0 saturated heterocycles. The number of amides is 1. The standard InChI is InChI=1S/C22H25F2N3O/c1-22(23,24)18-3-2-10-25-20(18)13-27-21(28)16-8-6-15(7-9-16)17-11-19(17)26-12-14-4-5-14/h2-3,6-10,14,17,19,26H,4-5,11-13H2,1H3,(H,27,28). The van der Waals surface area contributed by atoms with Gasteiger partial charge in [-0.25, -0.2) is 8.78 Å². The minimum absolute atomic E-state index is 0.0318. The number of nitrogens with one attached hydrogen (secondary N) is 2. The first-order valence-electron chi connectivity index (χ1n) is 9.85. The molecule has 0 spiro atoms. The zero-order chi connectivity index (χ0) is 19.7. The predicted molar refractivity (Wildman–Crippen MR) is 103 cm³/mol. The van der Waals surface area contributed by atoms with Gasteiger partial charge in [-0.3, -0.25) is 9.78 Å². The molecule has 2 unspecified atom stereocenters. The molecular formula is C22H25F2N3O. The lowest BCUT2D eigenvalue weighted by atomic mass is 10.1. The van der Waals surface area contributed by atoms with Crippen molar-refractivity contribution in [3.8, 4) is 0 Å². The van der Waals surface area contributed by atoms with Crippen LogP contribution < -0.4 is 10.6 Å². The average Bonchev–Trinajstić information content (AvgIpc) is 3.59. The minimum Gasteiger partial charge on any atom is -0.346 e. The van der Waals surface area contributed by atoms with Gasteiger partial charge in [-0.1, -0.05) is 12.1 Å². The van der Waals surface area contributed by atoms with E-state index in [0.717, 1.165) is 25.8 Å². The Morgan fingerprint density at radius 1 is 1.21 bits per heavy atom. The molecule has 0 bridgehead atoms. The van der Waals surface area contributed by atoms with E-state index in [9.17, 15) is 13.6 Å². The van der Waals surface area contributed by atoms with E-state index in [1.165, 1.54) is 36.7 Å². The van der Waals surface area contributed by atoms with Crippen molar-refractivity contribution < 1.29 is 13.6 Å². The van der Waals surface area contributed by atoms with Crippen molar-refractivity contribution in [2.24, 2.45) is 5.92 Å². The molecule has 148 valence electrons. The Morgan fingerprint density at radius 2 is 1.96 bits per heavy atom. The number of alkyl halides is 2. The number of nitrogens with zero attached hydrogens (tertiary/aromatic N) is 1. The molecule has 4 rings (SSSR count). The van der Waals surface area contributed by atoms with Crippen LogP contribution in [0.25, 0.3) is 0 Å². The number of aromatic nitrogens is 1. The molecule has 28 heavy (non-hydrogen) atoms. The fraction of sp³-hybridized carbons (Fsp3) is 0.455. The van der Waals surface area contributed by atoms with Crippen LogP contribution in [0.3, 0.4) is 0 Å². The summed E-state index contributed by atoms with van der Waals surface area (Å²) < 4.78 is 27.3. The Labute approximate surface area is 163 Å². The van der Waals surface area contributed by atoms with Crippen LogP contribution in [-0.2, 0) is 12.5 Å². The van der Waals surface area contributed by atoms with Crippen molar-refractivity contribution in [1.82, 2.24) is 15.6 Å². The fourth-order valence-electron chi connectivity index (χ4n) is 3.56. The number of benzene rings is 1. The highest BCUT2D eigenvalue weighted by atomic mass is 19.3. The maximum absolute atomic E-state index is 13.7. The van der Waals surface area contributed by atoms with Crippen LogP contribution in [0.2, 0.25) is 0 Å². The Balaban J connectivity index is 1.32. The van der Waals surface area contributed by atoms with Crippen LogP contribution in [0.5, 0.6) is 0 Å². The SMILES string of the molecule is CC(F)(F)c1cccnc1CNC(=O)c1ccc(C2CC2NCC2CC2)cc1. The second-order valence-electron chi connectivity index (χ2n) is 7.99.